The number of morpholine rings is 1. The van der Waals surface area contributed by atoms with E-state index in [4.69, 9.17) is 9.72 Å². The molecule has 1 aliphatic rings. The quantitative estimate of drug-likeness (QED) is 0.655. The lowest BCUT2D eigenvalue weighted by Gasteiger charge is -2.40. The van der Waals surface area contributed by atoms with Gasteiger partial charge in [-0.3, -0.25) is 14.3 Å². The van der Waals surface area contributed by atoms with Crippen molar-refractivity contribution in [2.24, 2.45) is 0 Å². The third kappa shape index (κ3) is 4.55. The maximum absolute atomic E-state index is 12.6. The topological polar surface area (TPSA) is 59.4 Å². The van der Waals surface area contributed by atoms with E-state index in [0.29, 0.717) is 19.4 Å². The van der Waals surface area contributed by atoms with E-state index in [1.165, 1.54) is 0 Å². The van der Waals surface area contributed by atoms with Crippen LogP contribution in [0.5, 0.6) is 0 Å². The molecule has 0 spiro atoms. The summed E-state index contributed by atoms with van der Waals surface area (Å²) in [4.78, 5) is 19.8. The maximum Gasteiger partial charge on any atom is 0.220 e. The number of hydrogen-bond acceptors (Lipinski definition) is 4. The first-order valence-electron chi connectivity index (χ1n) is 10.7. The number of rotatable bonds is 7. The number of para-hydroxylation sites is 3. The summed E-state index contributed by atoms with van der Waals surface area (Å²) >= 11 is 0. The van der Waals surface area contributed by atoms with E-state index in [1.54, 1.807) is 0 Å². The molecule has 0 radical (unpaired) electrons. The number of fused-ring (bicyclic) bond motifs is 1. The highest BCUT2D eigenvalue weighted by Gasteiger charge is 2.28. The van der Waals surface area contributed by atoms with Gasteiger partial charge in [-0.15, -0.1) is 0 Å². The highest BCUT2D eigenvalue weighted by atomic mass is 16.5. The van der Waals surface area contributed by atoms with Gasteiger partial charge in [0.2, 0.25) is 5.91 Å². The molecule has 2 aromatic carbocycles. The van der Waals surface area contributed by atoms with Gasteiger partial charge >= 0.3 is 0 Å². The van der Waals surface area contributed by atoms with Crippen molar-refractivity contribution in [2.45, 2.75) is 32.2 Å². The van der Waals surface area contributed by atoms with Crippen molar-refractivity contribution in [2.75, 3.05) is 32.8 Å². The number of nitrogens with one attached hydrogen (secondary N) is 1. The molecule has 0 bridgehead atoms. The van der Waals surface area contributed by atoms with Crippen molar-refractivity contribution in [3.8, 4) is 5.69 Å². The molecule has 0 saturated carbocycles. The van der Waals surface area contributed by atoms with Gasteiger partial charge in [-0.25, -0.2) is 4.98 Å². The van der Waals surface area contributed by atoms with Crippen molar-refractivity contribution >= 4 is 16.9 Å². The van der Waals surface area contributed by atoms with Crippen LogP contribution in [0, 0.1) is 0 Å². The molecule has 1 amide bonds. The number of ether oxygens (including phenoxy) is 1. The first-order chi connectivity index (χ1) is 14.5. The monoisotopic (exact) mass is 406 g/mol. The summed E-state index contributed by atoms with van der Waals surface area (Å²) in [5.41, 5.74) is 2.99. The van der Waals surface area contributed by atoms with Gasteiger partial charge in [-0.2, -0.15) is 0 Å². The Kier molecular flexibility index (Phi) is 6.16. The third-order valence-electron chi connectivity index (χ3n) is 5.81. The number of carbonyl (C=O) groups excluding carboxylic acids is 1. The largest absolute Gasteiger partial charge is 0.379 e. The van der Waals surface area contributed by atoms with Gasteiger partial charge in [0.25, 0.3) is 0 Å². The van der Waals surface area contributed by atoms with Crippen molar-refractivity contribution in [1.29, 1.82) is 0 Å². The fraction of sp³-hybridized carbons (Fsp3) is 0.417. The summed E-state index contributed by atoms with van der Waals surface area (Å²) in [5.74, 6) is 0.966. The Morgan fingerprint density at radius 2 is 1.77 bits per heavy atom. The minimum atomic E-state index is -0.0867. The maximum atomic E-state index is 12.6. The molecule has 0 aliphatic carbocycles. The number of amides is 1. The Bertz CT molecular complexity index is 991. The predicted octanol–water partition coefficient (Wildman–Crippen LogP) is 3.19. The van der Waals surface area contributed by atoms with E-state index in [9.17, 15) is 4.79 Å². The summed E-state index contributed by atoms with van der Waals surface area (Å²) in [5, 5.41) is 3.13. The van der Waals surface area contributed by atoms with Crippen molar-refractivity contribution in [3.05, 3.63) is 60.4 Å². The number of aryl methyl sites for hydroxylation is 1. The zero-order valence-electron chi connectivity index (χ0n) is 17.8. The lowest BCUT2D eigenvalue weighted by molar-refractivity contribution is -0.121. The molecule has 2 heterocycles. The Hall–Kier alpha value is -2.70. The normalized spacial score (nSPS) is 15.4. The standard InChI is InChI=1S/C24H30N4O2/c1-24(2,27-14-16-30-17-15-27)18-25-23(29)13-12-22-26-20-10-6-7-11-21(20)28(22)19-8-4-3-5-9-19/h3-11H,12-18H2,1-2H3,(H,25,29). The number of aromatic nitrogens is 2. The summed E-state index contributed by atoms with van der Waals surface area (Å²) in [7, 11) is 0. The number of hydrogen-bond donors (Lipinski definition) is 1. The Labute approximate surface area is 177 Å². The Morgan fingerprint density at radius 3 is 2.53 bits per heavy atom. The van der Waals surface area contributed by atoms with Crippen LogP contribution >= 0.6 is 0 Å². The van der Waals surface area contributed by atoms with Crippen LogP contribution in [0.15, 0.2) is 54.6 Å². The van der Waals surface area contributed by atoms with E-state index in [1.807, 2.05) is 36.4 Å². The molecule has 1 N–H and O–H groups in total. The zero-order chi connectivity index (χ0) is 21.0. The van der Waals surface area contributed by atoms with Crippen LogP contribution in [0.3, 0.4) is 0 Å². The molecule has 3 aromatic rings. The molecular formula is C24H30N4O2. The third-order valence-corrected chi connectivity index (χ3v) is 5.81. The molecule has 1 aliphatic heterocycles. The van der Waals surface area contributed by atoms with Crippen molar-refractivity contribution in [1.82, 2.24) is 19.8 Å². The summed E-state index contributed by atoms with van der Waals surface area (Å²) < 4.78 is 7.60. The lowest BCUT2D eigenvalue weighted by Crippen LogP contribution is -2.55. The highest BCUT2D eigenvalue weighted by molar-refractivity contribution is 5.79. The molecule has 0 atom stereocenters. The fourth-order valence-electron chi connectivity index (χ4n) is 4.02. The van der Waals surface area contributed by atoms with Crippen LogP contribution in [0.25, 0.3) is 16.7 Å². The summed E-state index contributed by atoms with van der Waals surface area (Å²) in [6, 6.07) is 18.3. The van der Waals surface area contributed by atoms with Crippen molar-refractivity contribution < 1.29 is 9.53 Å². The average Bonchev–Trinajstić information content (AvgIpc) is 3.16. The lowest BCUT2D eigenvalue weighted by atomic mass is 10.0. The number of nitrogens with zero attached hydrogens (tertiary/aromatic N) is 3. The molecule has 6 nitrogen and oxygen atoms in total. The van der Waals surface area contributed by atoms with Crippen LogP contribution < -0.4 is 5.32 Å². The van der Waals surface area contributed by atoms with E-state index >= 15 is 0 Å². The first kappa shape index (κ1) is 20.6. The SMILES string of the molecule is CC(C)(CNC(=O)CCc1nc2ccccc2n1-c1ccccc1)N1CCOCC1. The van der Waals surface area contributed by atoms with E-state index in [-0.39, 0.29) is 11.4 Å². The second kappa shape index (κ2) is 8.98. The van der Waals surface area contributed by atoms with Gasteiger partial charge in [0.15, 0.2) is 0 Å². The Morgan fingerprint density at radius 1 is 1.07 bits per heavy atom. The predicted molar refractivity (Wildman–Crippen MR) is 119 cm³/mol. The second-order valence-corrected chi connectivity index (χ2v) is 8.38. The van der Waals surface area contributed by atoms with Crippen LogP contribution in [-0.4, -0.2) is 58.7 Å². The van der Waals surface area contributed by atoms with Gasteiger partial charge in [-0.05, 0) is 38.1 Å². The summed E-state index contributed by atoms with van der Waals surface area (Å²) in [6.07, 6.45) is 1.00. The Balaban J connectivity index is 1.43. The molecule has 158 valence electrons. The summed E-state index contributed by atoms with van der Waals surface area (Å²) in [6.45, 7) is 8.30. The second-order valence-electron chi connectivity index (χ2n) is 8.38. The zero-order valence-corrected chi connectivity index (χ0v) is 17.8. The van der Waals surface area contributed by atoms with Crippen LogP contribution in [0.2, 0.25) is 0 Å². The van der Waals surface area contributed by atoms with E-state index in [2.05, 4.69) is 46.8 Å². The van der Waals surface area contributed by atoms with Gasteiger partial charge in [0, 0.05) is 43.7 Å². The van der Waals surface area contributed by atoms with E-state index in [0.717, 1.165) is 48.8 Å². The van der Waals surface area contributed by atoms with Gasteiger partial charge in [-0.1, -0.05) is 30.3 Å². The van der Waals surface area contributed by atoms with E-state index < -0.39 is 0 Å². The van der Waals surface area contributed by atoms with Crippen LogP contribution in [0.4, 0.5) is 0 Å². The minimum Gasteiger partial charge on any atom is -0.379 e. The minimum absolute atomic E-state index is 0.0583. The van der Waals surface area contributed by atoms with Crippen molar-refractivity contribution in [3.63, 3.8) is 0 Å². The smallest absolute Gasteiger partial charge is 0.220 e. The molecule has 30 heavy (non-hydrogen) atoms. The number of carbonyl (C=O) groups is 1. The number of benzene rings is 2. The average molecular weight is 407 g/mol. The highest BCUT2D eigenvalue weighted by Crippen LogP contribution is 2.22. The first-order valence-corrected chi connectivity index (χ1v) is 10.7. The molecule has 6 heteroatoms. The van der Waals surface area contributed by atoms with Gasteiger partial charge in [0.05, 0.1) is 24.2 Å². The molecule has 1 fully saturated rings. The van der Waals surface area contributed by atoms with Crippen LogP contribution in [0.1, 0.15) is 26.1 Å². The molecule has 0 unspecified atom stereocenters. The molecular weight excluding hydrogens is 376 g/mol. The van der Waals surface area contributed by atoms with Crippen LogP contribution in [-0.2, 0) is 16.0 Å². The van der Waals surface area contributed by atoms with Gasteiger partial charge < -0.3 is 10.1 Å². The fourth-order valence-corrected chi connectivity index (χ4v) is 4.02. The molecule has 1 aromatic heterocycles. The molecule has 4 rings (SSSR count). The van der Waals surface area contributed by atoms with Gasteiger partial charge in [0.1, 0.15) is 5.82 Å². The number of imidazole rings is 1. The molecule has 1 saturated heterocycles.